The summed E-state index contributed by atoms with van der Waals surface area (Å²) in [4.78, 5) is 10.8. The molecule has 0 unspecified atom stereocenters. The Bertz CT molecular complexity index is 459. The number of aliphatic carboxylic acids is 1. The molecule has 0 radical (unpaired) electrons. The van der Waals surface area contributed by atoms with Crippen molar-refractivity contribution >= 4 is 5.97 Å². The van der Waals surface area contributed by atoms with Crippen LogP contribution in [0.15, 0.2) is 36.1 Å². The third-order valence-electron chi connectivity index (χ3n) is 3.98. The number of methoxy groups -OCH3 is 1. The molecule has 1 aliphatic carbocycles. The van der Waals surface area contributed by atoms with E-state index < -0.39 is 11.6 Å². The number of ether oxygens (including phenoxy) is 2. The summed E-state index contributed by atoms with van der Waals surface area (Å²) in [5.74, 6) is -0.666. The van der Waals surface area contributed by atoms with Gasteiger partial charge in [-0.1, -0.05) is 26.5 Å². The highest BCUT2D eigenvalue weighted by Gasteiger charge is 2.50. The molecule has 1 aliphatic rings. The maximum Gasteiger partial charge on any atom is 0.331 e. The van der Waals surface area contributed by atoms with Gasteiger partial charge in [-0.3, -0.25) is 0 Å². The van der Waals surface area contributed by atoms with E-state index in [1.165, 1.54) is 0 Å². The van der Waals surface area contributed by atoms with Gasteiger partial charge >= 0.3 is 5.97 Å². The monoisotopic (exact) mass is 280 g/mol. The quantitative estimate of drug-likeness (QED) is 0.477. The molecule has 0 amide bonds. The first-order valence-electron chi connectivity index (χ1n) is 6.64. The Hall–Kier alpha value is -1.55. The van der Waals surface area contributed by atoms with Crippen molar-refractivity contribution in [2.24, 2.45) is 5.41 Å². The summed E-state index contributed by atoms with van der Waals surface area (Å²) >= 11 is 0. The van der Waals surface area contributed by atoms with Crippen molar-refractivity contribution in [1.82, 2.24) is 0 Å². The molecular formula is C16H24O4. The fraction of sp³-hybridized carbons (Fsp3) is 0.562. The van der Waals surface area contributed by atoms with Crippen LogP contribution in [0.25, 0.3) is 0 Å². The van der Waals surface area contributed by atoms with Crippen LogP contribution in [-0.4, -0.2) is 29.9 Å². The van der Waals surface area contributed by atoms with E-state index in [-0.39, 0.29) is 11.5 Å². The summed E-state index contributed by atoms with van der Waals surface area (Å²) in [5.41, 5.74) is -0.00587. The molecule has 1 rings (SSSR count). The minimum Gasteiger partial charge on any atom is -0.483 e. The van der Waals surface area contributed by atoms with Crippen molar-refractivity contribution in [2.45, 2.75) is 45.8 Å². The van der Waals surface area contributed by atoms with Crippen LogP contribution in [0.1, 0.15) is 34.1 Å². The highest BCUT2D eigenvalue weighted by Crippen LogP contribution is 2.49. The van der Waals surface area contributed by atoms with Crippen molar-refractivity contribution in [2.75, 3.05) is 7.11 Å². The van der Waals surface area contributed by atoms with Gasteiger partial charge in [0.2, 0.25) is 0 Å². The predicted octanol–water partition coefficient (Wildman–Crippen LogP) is 3.31. The average molecular weight is 280 g/mol. The maximum atomic E-state index is 10.8. The van der Waals surface area contributed by atoms with E-state index in [4.69, 9.17) is 14.6 Å². The second-order valence-corrected chi connectivity index (χ2v) is 5.85. The largest absolute Gasteiger partial charge is 0.483 e. The van der Waals surface area contributed by atoms with Crippen LogP contribution in [0, 0.1) is 5.41 Å². The molecule has 20 heavy (non-hydrogen) atoms. The van der Waals surface area contributed by atoms with Crippen LogP contribution >= 0.6 is 0 Å². The Labute approximate surface area is 120 Å². The smallest absolute Gasteiger partial charge is 0.331 e. The van der Waals surface area contributed by atoms with Gasteiger partial charge in [0.05, 0.1) is 12.2 Å². The summed E-state index contributed by atoms with van der Waals surface area (Å²) in [7, 11) is 1.68. The van der Waals surface area contributed by atoms with E-state index in [0.717, 1.165) is 18.1 Å². The first-order chi connectivity index (χ1) is 9.18. The lowest BCUT2D eigenvalue weighted by Crippen LogP contribution is -2.50. The summed E-state index contributed by atoms with van der Waals surface area (Å²) in [6.07, 6.45) is 5.64. The Morgan fingerprint density at radius 1 is 1.55 bits per heavy atom. The summed E-state index contributed by atoms with van der Waals surface area (Å²) in [5, 5.41) is 8.83. The predicted molar refractivity (Wildman–Crippen MR) is 78.4 cm³/mol. The Kier molecular flexibility index (Phi) is 4.81. The van der Waals surface area contributed by atoms with Crippen molar-refractivity contribution in [3.05, 3.63) is 36.1 Å². The lowest BCUT2D eigenvalue weighted by atomic mass is 9.64. The third kappa shape index (κ3) is 2.96. The van der Waals surface area contributed by atoms with E-state index in [0.29, 0.717) is 5.76 Å². The lowest BCUT2D eigenvalue weighted by molar-refractivity contribution is -0.132. The Morgan fingerprint density at radius 3 is 2.55 bits per heavy atom. The molecule has 0 heterocycles. The highest BCUT2D eigenvalue weighted by atomic mass is 16.5. The van der Waals surface area contributed by atoms with Gasteiger partial charge < -0.3 is 14.6 Å². The normalized spacial score (nSPS) is 29.6. The van der Waals surface area contributed by atoms with Crippen LogP contribution in [0.2, 0.25) is 0 Å². The zero-order valence-corrected chi connectivity index (χ0v) is 12.9. The summed E-state index contributed by atoms with van der Waals surface area (Å²) in [6.45, 7) is 11.7. The van der Waals surface area contributed by atoms with Crippen molar-refractivity contribution in [1.29, 1.82) is 0 Å². The van der Waals surface area contributed by atoms with Gasteiger partial charge in [0.1, 0.15) is 5.76 Å². The molecule has 0 aromatic heterocycles. The van der Waals surface area contributed by atoms with Gasteiger partial charge in [-0.25, -0.2) is 4.79 Å². The SMILES string of the molecule is C=C[C@@]1(O/C(C)=C\C(=O)O)C(C)=C[C@@H](OC)CC1(C)C. The first-order valence-corrected chi connectivity index (χ1v) is 6.64. The minimum atomic E-state index is -1.02. The van der Waals surface area contributed by atoms with Gasteiger partial charge in [0.25, 0.3) is 0 Å². The van der Waals surface area contributed by atoms with E-state index in [1.54, 1.807) is 20.1 Å². The average Bonchev–Trinajstić information content (AvgIpc) is 2.32. The van der Waals surface area contributed by atoms with Crippen LogP contribution in [0.5, 0.6) is 0 Å². The third-order valence-corrected chi connectivity index (χ3v) is 3.98. The maximum absolute atomic E-state index is 10.8. The van der Waals surface area contributed by atoms with E-state index in [1.807, 2.05) is 13.0 Å². The lowest BCUT2D eigenvalue weighted by Gasteiger charge is -2.49. The number of carbonyl (C=O) groups is 1. The Morgan fingerprint density at radius 2 is 2.15 bits per heavy atom. The van der Waals surface area contributed by atoms with Gasteiger partial charge in [-0.05, 0) is 31.9 Å². The molecule has 1 N–H and O–H groups in total. The fourth-order valence-electron chi connectivity index (χ4n) is 2.96. The molecule has 0 fully saturated rings. The second-order valence-electron chi connectivity index (χ2n) is 5.85. The van der Waals surface area contributed by atoms with E-state index >= 15 is 0 Å². The topological polar surface area (TPSA) is 55.8 Å². The number of allylic oxidation sites excluding steroid dienone is 1. The molecule has 112 valence electrons. The second kappa shape index (κ2) is 5.83. The van der Waals surface area contributed by atoms with E-state index in [9.17, 15) is 4.79 Å². The summed E-state index contributed by atoms with van der Waals surface area (Å²) < 4.78 is 11.4. The molecule has 0 aromatic rings. The van der Waals surface area contributed by atoms with Crippen LogP contribution < -0.4 is 0 Å². The molecule has 4 heteroatoms. The number of hydrogen-bond donors (Lipinski definition) is 1. The molecule has 2 atom stereocenters. The fourth-order valence-corrected chi connectivity index (χ4v) is 2.96. The highest BCUT2D eigenvalue weighted by molar-refractivity contribution is 5.80. The standard InChI is InChI=1S/C16H24O4/c1-7-16(20-12(3)9-14(17)18)11(2)8-13(19-6)10-15(16,4)5/h7-9,13H,1,10H2,2-6H3,(H,17,18)/b12-9-/t13-,16-/m1/s1. The van der Waals surface area contributed by atoms with Crippen LogP contribution in [0.3, 0.4) is 0 Å². The van der Waals surface area contributed by atoms with Crippen molar-refractivity contribution in [3.8, 4) is 0 Å². The first kappa shape index (κ1) is 16.5. The molecule has 4 nitrogen and oxygen atoms in total. The zero-order valence-electron chi connectivity index (χ0n) is 12.9. The number of carboxylic acid groups (broad SMARTS) is 1. The molecule has 0 aromatic carbocycles. The van der Waals surface area contributed by atoms with Crippen LogP contribution in [0.4, 0.5) is 0 Å². The molecule has 0 spiro atoms. The zero-order chi connectivity index (χ0) is 15.6. The van der Waals surface area contributed by atoms with Crippen molar-refractivity contribution in [3.63, 3.8) is 0 Å². The molecular weight excluding hydrogens is 256 g/mol. The van der Waals surface area contributed by atoms with Crippen molar-refractivity contribution < 1.29 is 19.4 Å². The molecule has 0 saturated heterocycles. The number of carboxylic acids is 1. The van der Waals surface area contributed by atoms with E-state index in [2.05, 4.69) is 20.4 Å². The minimum absolute atomic E-state index is 0.0328. The number of rotatable bonds is 5. The van der Waals surface area contributed by atoms with Gasteiger partial charge in [0.15, 0.2) is 5.60 Å². The summed E-state index contributed by atoms with van der Waals surface area (Å²) in [6, 6.07) is 0. The molecule has 0 bridgehead atoms. The van der Waals surface area contributed by atoms with Gasteiger partial charge in [-0.15, -0.1) is 0 Å². The number of hydrogen-bond acceptors (Lipinski definition) is 3. The van der Waals surface area contributed by atoms with Crippen LogP contribution in [-0.2, 0) is 14.3 Å². The molecule has 0 aliphatic heterocycles. The van der Waals surface area contributed by atoms with Gasteiger partial charge in [-0.2, -0.15) is 0 Å². The molecule has 0 saturated carbocycles. The van der Waals surface area contributed by atoms with Gasteiger partial charge in [0, 0.05) is 12.5 Å². The Balaban J connectivity index is 3.25.